The predicted molar refractivity (Wildman–Crippen MR) is 127 cm³/mol. The topological polar surface area (TPSA) is 67.1 Å². The van der Waals surface area contributed by atoms with Gasteiger partial charge in [0.15, 0.2) is 5.96 Å². The van der Waals surface area contributed by atoms with Crippen molar-refractivity contribution in [3.05, 3.63) is 59.7 Å². The van der Waals surface area contributed by atoms with Crippen LogP contribution in [-0.2, 0) is 13.0 Å². The molecule has 2 heterocycles. The lowest BCUT2D eigenvalue weighted by Crippen LogP contribution is -2.39. The van der Waals surface area contributed by atoms with Crippen molar-refractivity contribution in [3.63, 3.8) is 0 Å². The minimum absolute atomic E-state index is 0. The standard InChI is InChI=1S/C21H28N6.HI/c1-16-15-23-12-9-18(16)10-13-25-21(22-3)24-11-6-14-27-17(2)26-19-7-4-5-8-20(19)27;/h4-5,7-9,12,15H,6,10-11,13-14H2,1-3H3,(H2,22,24,25);1H. The largest absolute Gasteiger partial charge is 0.356 e. The van der Waals surface area contributed by atoms with Crippen molar-refractivity contribution in [2.45, 2.75) is 33.2 Å². The first-order chi connectivity index (χ1) is 13.2. The molecule has 3 rings (SSSR count). The van der Waals surface area contributed by atoms with Crippen LogP contribution in [0.25, 0.3) is 11.0 Å². The summed E-state index contributed by atoms with van der Waals surface area (Å²) in [6.07, 6.45) is 5.71. The molecule has 0 aliphatic rings. The van der Waals surface area contributed by atoms with Gasteiger partial charge in [0.05, 0.1) is 11.0 Å². The number of hydrogen-bond acceptors (Lipinski definition) is 3. The number of rotatable bonds is 7. The smallest absolute Gasteiger partial charge is 0.190 e. The van der Waals surface area contributed by atoms with E-state index in [1.165, 1.54) is 16.6 Å². The number of pyridine rings is 1. The number of hydrogen-bond donors (Lipinski definition) is 2. The van der Waals surface area contributed by atoms with Crippen molar-refractivity contribution in [2.24, 2.45) is 4.99 Å². The van der Waals surface area contributed by atoms with Crippen LogP contribution in [-0.4, -0.2) is 40.6 Å². The zero-order chi connectivity index (χ0) is 19.1. The molecule has 2 aromatic heterocycles. The van der Waals surface area contributed by atoms with Gasteiger partial charge in [-0.25, -0.2) is 4.98 Å². The third-order valence-electron chi connectivity index (χ3n) is 4.74. The van der Waals surface area contributed by atoms with Gasteiger partial charge in [-0.3, -0.25) is 9.98 Å². The van der Waals surface area contributed by atoms with Gasteiger partial charge in [-0.1, -0.05) is 12.1 Å². The second-order valence-electron chi connectivity index (χ2n) is 6.63. The van der Waals surface area contributed by atoms with E-state index >= 15 is 0 Å². The molecule has 3 aromatic rings. The number of fused-ring (bicyclic) bond motifs is 1. The Morgan fingerprint density at radius 3 is 2.68 bits per heavy atom. The molecule has 0 aliphatic heterocycles. The molecule has 0 bridgehead atoms. The summed E-state index contributed by atoms with van der Waals surface area (Å²) in [5.41, 5.74) is 4.80. The van der Waals surface area contributed by atoms with Gasteiger partial charge in [-0.2, -0.15) is 0 Å². The lowest BCUT2D eigenvalue weighted by Gasteiger charge is -2.13. The fourth-order valence-electron chi connectivity index (χ4n) is 3.24. The summed E-state index contributed by atoms with van der Waals surface area (Å²) in [7, 11) is 1.81. The minimum Gasteiger partial charge on any atom is -0.356 e. The molecule has 1 aromatic carbocycles. The number of nitrogens with zero attached hydrogens (tertiary/aromatic N) is 4. The number of guanidine groups is 1. The summed E-state index contributed by atoms with van der Waals surface area (Å²) in [5.74, 6) is 1.90. The van der Waals surface area contributed by atoms with Crippen LogP contribution < -0.4 is 10.6 Å². The average Bonchev–Trinajstić information content (AvgIpc) is 3.00. The van der Waals surface area contributed by atoms with Crippen molar-refractivity contribution in [3.8, 4) is 0 Å². The highest BCUT2D eigenvalue weighted by Crippen LogP contribution is 2.15. The van der Waals surface area contributed by atoms with E-state index in [4.69, 9.17) is 0 Å². The van der Waals surface area contributed by atoms with Crippen LogP contribution in [0.15, 0.2) is 47.7 Å². The normalized spacial score (nSPS) is 11.3. The Balaban J connectivity index is 0.00000280. The van der Waals surface area contributed by atoms with E-state index in [0.29, 0.717) is 0 Å². The minimum atomic E-state index is 0. The molecule has 2 N–H and O–H groups in total. The molecule has 0 amide bonds. The molecule has 0 atom stereocenters. The van der Waals surface area contributed by atoms with Crippen LogP contribution in [0.2, 0.25) is 0 Å². The molecule has 6 nitrogen and oxygen atoms in total. The van der Waals surface area contributed by atoms with Crippen LogP contribution in [0.3, 0.4) is 0 Å². The fourth-order valence-corrected chi connectivity index (χ4v) is 3.24. The molecule has 0 radical (unpaired) electrons. The zero-order valence-electron chi connectivity index (χ0n) is 16.8. The summed E-state index contributed by atoms with van der Waals surface area (Å²) in [4.78, 5) is 13.1. The molecule has 28 heavy (non-hydrogen) atoms. The Hall–Kier alpha value is -2.16. The van der Waals surface area contributed by atoms with Crippen molar-refractivity contribution in [2.75, 3.05) is 20.1 Å². The van der Waals surface area contributed by atoms with Gasteiger partial charge in [0.2, 0.25) is 0 Å². The fraction of sp³-hybridized carbons (Fsp3) is 0.381. The highest BCUT2D eigenvalue weighted by molar-refractivity contribution is 14.0. The second-order valence-corrected chi connectivity index (χ2v) is 6.63. The molecule has 0 unspecified atom stereocenters. The molecule has 0 fully saturated rings. The Labute approximate surface area is 183 Å². The quantitative estimate of drug-likeness (QED) is 0.230. The van der Waals surface area contributed by atoms with Gasteiger partial charge in [-0.05, 0) is 56.0 Å². The highest BCUT2D eigenvalue weighted by atomic mass is 127. The lowest BCUT2D eigenvalue weighted by molar-refractivity contribution is 0.624. The maximum Gasteiger partial charge on any atom is 0.190 e. The third kappa shape index (κ3) is 5.67. The first kappa shape index (κ1) is 22.1. The molecule has 150 valence electrons. The third-order valence-corrected chi connectivity index (χ3v) is 4.74. The first-order valence-corrected chi connectivity index (χ1v) is 9.45. The van der Waals surface area contributed by atoms with E-state index in [2.05, 4.69) is 68.3 Å². The van der Waals surface area contributed by atoms with Crippen LogP contribution in [0, 0.1) is 13.8 Å². The Bertz CT molecular complexity index is 918. The van der Waals surface area contributed by atoms with Gasteiger partial charge in [0, 0.05) is 39.1 Å². The first-order valence-electron chi connectivity index (χ1n) is 9.45. The van der Waals surface area contributed by atoms with Crippen LogP contribution >= 0.6 is 24.0 Å². The summed E-state index contributed by atoms with van der Waals surface area (Å²) in [6.45, 7) is 6.80. The Morgan fingerprint density at radius 2 is 1.89 bits per heavy atom. The number of nitrogens with one attached hydrogen (secondary N) is 2. The number of benzene rings is 1. The van der Waals surface area contributed by atoms with Gasteiger partial charge >= 0.3 is 0 Å². The maximum absolute atomic E-state index is 4.62. The Morgan fingerprint density at radius 1 is 1.11 bits per heavy atom. The summed E-state index contributed by atoms with van der Waals surface area (Å²) < 4.78 is 2.28. The number of aryl methyl sites for hydroxylation is 3. The highest BCUT2D eigenvalue weighted by Gasteiger charge is 2.06. The number of aliphatic imine (C=N–C) groups is 1. The molecule has 0 aliphatic carbocycles. The van der Waals surface area contributed by atoms with Gasteiger partial charge in [-0.15, -0.1) is 24.0 Å². The number of aromatic nitrogens is 3. The number of para-hydroxylation sites is 2. The molecular weight excluding hydrogens is 463 g/mol. The molecular formula is C21H29IN6. The monoisotopic (exact) mass is 492 g/mol. The van der Waals surface area contributed by atoms with Gasteiger partial charge in [0.1, 0.15) is 5.82 Å². The Kier molecular flexibility index (Phi) is 8.69. The van der Waals surface area contributed by atoms with Crippen molar-refractivity contribution in [1.29, 1.82) is 0 Å². The van der Waals surface area contributed by atoms with E-state index < -0.39 is 0 Å². The average molecular weight is 492 g/mol. The van der Waals surface area contributed by atoms with E-state index in [1.54, 1.807) is 7.05 Å². The van der Waals surface area contributed by atoms with Crippen LogP contribution in [0.5, 0.6) is 0 Å². The van der Waals surface area contributed by atoms with Gasteiger partial charge in [0.25, 0.3) is 0 Å². The summed E-state index contributed by atoms with van der Waals surface area (Å²) in [6, 6.07) is 10.4. The van der Waals surface area contributed by atoms with Gasteiger partial charge < -0.3 is 15.2 Å². The number of halogens is 1. The predicted octanol–water partition coefficient (Wildman–Crippen LogP) is 3.46. The molecule has 0 spiro atoms. The van der Waals surface area contributed by atoms with Crippen molar-refractivity contribution >= 4 is 41.0 Å². The van der Waals surface area contributed by atoms with Crippen molar-refractivity contribution in [1.82, 2.24) is 25.2 Å². The molecule has 7 heteroatoms. The lowest BCUT2D eigenvalue weighted by atomic mass is 10.1. The van der Waals surface area contributed by atoms with Crippen LogP contribution in [0.4, 0.5) is 0 Å². The van der Waals surface area contributed by atoms with Crippen molar-refractivity contribution < 1.29 is 0 Å². The summed E-state index contributed by atoms with van der Waals surface area (Å²) in [5, 5.41) is 6.77. The second kappa shape index (κ2) is 11.0. The SMILES string of the molecule is CN=C(NCCCn1c(C)nc2ccccc21)NCCc1ccncc1C.I. The van der Waals surface area contributed by atoms with E-state index in [-0.39, 0.29) is 24.0 Å². The zero-order valence-corrected chi connectivity index (χ0v) is 19.1. The number of imidazole rings is 1. The van der Waals surface area contributed by atoms with Crippen LogP contribution in [0.1, 0.15) is 23.4 Å². The molecule has 0 saturated carbocycles. The molecule has 0 saturated heterocycles. The maximum atomic E-state index is 4.62. The summed E-state index contributed by atoms with van der Waals surface area (Å²) >= 11 is 0. The van der Waals surface area contributed by atoms with E-state index in [0.717, 1.165) is 49.8 Å². The van der Waals surface area contributed by atoms with E-state index in [9.17, 15) is 0 Å². The van der Waals surface area contributed by atoms with E-state index in [1.807, 2.05) is 18.5 Å².